The van der Waals surface area contributed by atoms with E-state index in [9.17, 15) is 4.79 Å². The third-order valence-electron chi connectivity index (χ3n) is 9.03. The van der Waals surface area contributed by atoms with Crippen molar-refractivity contribution in [2.75, 3.05) is 13.7 Å². The number of methoxy groups -OCH3 is 1. The topological polar surface area (TPSA) is 74.4 Å². The van der Waals surface area contributed by atoms with E-state index in [1.54, 1.807) is 7.11 Å². The van der Waals surface area contributed by atoms with Crippen molar-refractivity contribution in [2.24, 2.45) is 5.92 Å². The molecule has 0 radical (unpaired) electrons. The number of amides is 1. The molecule has 8 heteroatoms. The van der Waals surface area contributed by atoms with Crippen LogP contribution >= 0.6 is 0 Å². The fraction of sp³-hybridized carbons (Fsp3) is 0.378. The zero-order valence-electron chi connectivity index (χ0n) is 27.3. The van der Waals surface area contributed by atoms with E-state index in [1.165, 1.54) is 5.56 Å². The van der Waals surface area contributed by atoms with Crippen LogP contribution in [0, 0.1) is 12.8 Å². The zero-order chi connectivity index (χ0) is 31.9. The number of likely N-dealkylation sites (tertiary alicyclic amines) is 1. The SMILES string of the molecule is COc1ccc([C@H](C)N2C[C@H]([C@@H](C)Oc3cc(-c4cnn(C(C)(C)C)c4)cc4c3nc(C)n4Cc3ccccc3)CC2=O)cc1. The van der Waals surface area contributed by atoms with Crippen LogP contribution in [0.1, 0.15) is 64.0 Å². The van der Waals surface area contributed by atoms with Crippen LogP contribution in [0.25, 0.3) is 22.2 Å². The van der Waals surface area contributed by atoms with E-state index >= 15 is 0 Å². The number of fused-ring (bicyclic) bond motifs is 1. The van der Waals surface area contributed by atoms with Gasteiger partial charge in [-0.05, 0) is 82.5 Å². The predicted octanol–water partition coefficient (Wildman–Crippen LogP) is 7.40. The fourth-order valence-electron chi connectivity index (χ4n) is 6.18. The van der Waals surface area contributed by atoms with Gasteiger partial charge in [-0.15, -0.1) is 0 Å². The van der Waals surface area contributed by atoms with Crippen LogP contribution in [0.3, 0.4) is 0 Å². The summed E-state index contributed by atoms with van der Waals surface area (Å²) in [5.41, 5.74) is 6.04. The van der Waals surface area contributed by atoms with Crippen LogP contribution in [-0.2, 0) is 16.9 Å². The lowest BCUT2D eigenvalue weighted by atomic mass is 10.0. The number of imidazole rings is 1. The fourth-order valence-corrected chi connectivity index (χ4v) is 6.18. The molecular formula is C37H43N5O3. The Morgan fingerprint density at radius 3 is 2.40 bits per heavy atom. The van der Waals surface area contributed by atoms with Gasteiger partial charge in [0.05, 0.1) is 30.4 Å². The third-order valence-corrected chi connectivity index (χ3v) is 9.03. The van der Waals surface area contributed by atoms with E-state index in [0.29, 0.717) is 19.5 Å². The van der Waals surface area contributed by atoms with E-state index in [0.717, 1.165) is 45.0 Å². The number of hydrogen-bond acceptors (Lipinski definition) is 5. The summed E-state index contributed by atoms with van der Waals surface area (Å²) >= 11 is 0. The van der Waals surface area contributed by atoms with Gasteiger partial charge in [-0.2, -0.15) is 5.10 Å². The van der Waals surface area contributed by atoms with Crippen molar-refractivity contribution in [3.63, 3.8) is 0 Å². The second-order valence-electron chi connectivity index (χ2n) is 13.2. The number of rotatable bonds is 9. The van der Waals surface area contributed by atoms with Gasteiger partial charge in [0, 0.05) is 37.2 Å². The standard InChI is InChI=1S/C37H43N5O3/c1-24(28-13-15-32(44-7)16-14-28)40-22-30(19-35(40)43)25(2)45-34-18-29(31-20-38-42(23-31)37(4,5)6)17-33-36(34)39-26(3)41(33)21-27-11-9-8-10-12-27/h8-18,20,23-25,30H,19,21-22H2,1-7H3/t24-,25+,30+/m0/s1. The monoisotopic (exact) mass is 605 g/mol. The van der Waals surface area contributed by atoms with E-state index in [2.05, 4.69) is 86.9 Å². The summed E-state index contributed by atoms with van der Waals surface area (Å²) in [6.45, 7) is 14.0. The van der Waals surface area contributed by atoms with Gasteiger partial charge in [0.25, 0.3) is 0 Å². The minimum absolute atomic E-state index is 0.0358. The van der Waals surface area contributed by atoms with E-state index in [-0.39, 0.29) is 29.5 Å². The molecule has 1 amide bonds. The normalized spacial score (nSPS) is 16.7. The second kappa shape index (κ2) is 12.1. The average Bonchev–Trinajstić information content (AvgIpc) is 3.75. The molecule has 2 aromatic heterocycles. The number of ether oxygens (including phenoxy) is 2. The van der Waals surface area contributed by atoms with Gasteiger partial charge < -0.3 is 18.9 Å². The molecule has 1 fully saturated rings. The van der Waals surface area contributed by atoms with E-state index < -0.39 is 0 Å². The summed E-state index contributed by atoms with van der Waals surface area (Å²) in [7, 11) is 1.66. The number of carbonyl (C=O) groups is 1. The highest BCUT2D eigenvalue weighted by atomic mass is 16.5. The molecule has 8 nitrogen and oxygen atoms in total. The van der Waals surface area contributed by atoms with Crippen molar-refractivity contribution in [3.05, 3.63) is 96.1 Å². The zero-order valence-corrected chi connectivity index (χ0v) is 27.3. The molecule has 0 aliphatic carbocycles. The maximum atomic E-state index is 13.3. The van der Waals surface area contributed by atoms with Gasteiger partial charge in [0.1, 0.15) is 28.9 Å². The van der Waals surface area contributed by atoms with Crippen LogP contribution in [0.2, 0.25) is 0 Å². The van der Waals surface area contributed by atoms with E-state index in [4.69, 9.17) is 14.5 Å². The largest absolute Gasteiger partial charge is 0.497 e. The Balaban J connectivity index is 1.32. The molecule has 3 aromatic carbocycles. The first kappa shape index (κ1) is 30.4. The van der Waals surface area contributed by atoms with Crippen molar-refractivity contribution in [3.8, 4) is 22.6 Å². The molecule has 0 spiro atoms. The Labute approximate surface area is 265 Å². The van der Waals surface area contributed by atoms with Gasteiger partial charge >= 0.3 is 0 Å². The highest BCUT2D eigenvalue weighted by molar-refractivity contribution is 5.88. The maximum Gasteiger partial charge on any atom is 0.223 e. The molecule has 234 valence electrons. The molecule has 0 saturated carbocycles. The van der Waals surface area contributed by atoms with Crippen LogP contribution < -0.4 is 9.47 Å². The maximum absolute atomic E-state index is 13.3. The summed E-state index contributed by atoms with van der Waals surface area (Å²) in [6.07, 6.45) is 4.26. The van der Waals surface area contributed by atoms with E-state index in [1.807, 2.05) is 53.0 Å². The molecule has 45 heavy (non-hydrogen) atoms. The molecule has 1 aliphatic rings. The van der Waals surface area contributed by atoms with Gasteiger partial charge in [-0.25, -0.2) is 4.98 Å². The molecule has 3 heterocycles. The minimum atomic E-state index is -0.197. The lowest BCUT2D eigenvalue weighted by Crippen LogP contribution is -2.31. The number of benzene rings is 3. The van der Waals surface area contributed by atoms with Crippen LogP contribution in [0.4, 0.5) is 0 Å². The molecule has 0 bridgehead atoms. The summed E-state index contributed by atoms with van der Waals surface area (Å²) in [4.78, 5) is 20.2. The van der Waals surface area contributed by atoms with Crippen molar-refractivity contribution < 1.29 is 14.3 Å². The second-order valence-corrected chi connectivity index (χ2v) is 13.2. The van der Waals surface area contributed by atoms with Gasteiger partial charge in [-0.1, -0.05) is 42.5 Å². The van der Waals surface area contributed by atoms with Crippen molar-refractivity contribution in [2.45, 2.75) is 72.2 Å². The first-order valence-electron chi connectivity index (χ1n) is 15.7. The van der Waals surface area contributed by atoms with Gasteiger partial charge in [-0.3, -0.25) is 9.48 Å². The molecule has 0 unspecified atom stereocenters. The summed E-state index contributed by atoms with van der Waals surface area (Å²) in [5, 5.41) is 4.66. The number of nitrogens with zero attached hydrogens (tertiary/aromatic N) is 5. The Hall–Kier alpha value is -4.59. The quantitative estimate of drug-likeness (QED) is 0.175. The predicted molar refractivity (Wildman–Crippen MR) is 178 cm³/mol. The number of carbonyl (C=O) groups excluding carboxylic acids is 1. The molecule has 1 aliphatic heterocycles. The Morgan fingerprint density at radius 2 is 1.73 bits per heavy atom. The van der Waals surface area contributed by atoms with Crippen molar-refractivity contribution in [1.82, 2.24) is 24.2 Å². The average molecular weight is 606 g/mol. The lowest BCUT2D eigenvalue weighted by Gasteiger charge is -2.27. The Morgan fingerprint density at radius 1 is 1.00 bits per heavy atom. The molecule has 5 aromatic rings. The summed E-state index contributed by atoms with van der Waals surface area (Å²) in [5.74, 6) is 2.65. The van der Waals surface area contributed by atoms with Crippen molar-refractivity contribution >= 4 is 16.9 Å². The minimum Gasteiger partial charge on any atom is -0.497 e. The summed E-state index contributed by atoms with van der Waals surface area (Å²) in [6, 6.07) is 22.6. The van der Waals surface area contributed by atoms with Crippen LogP contribution in [-0.4, -0.2) is 49.9 Å². The molecule has 3 atom stereocenters. The molecule has 6 rings (SSSR count). The Kier molecular flexibility index (Phi) is 8.16. The molecule has 1 saturated heterocycles. The Bertz CT molecular complexity index is 1800. The smallest absolute Gasteiger partial charge is 0.223 e. The third kappa shape index (κ3) is 6.19. The molecular weight excluding hydrogens is 562 g/mol. The lowest BCUT2D eigenvalue weighted by molar-refractivity contribution is -0.129. The number of hydrogen-bond donors (Lipinski definition) is 0. The highest BCUT2D eigenvalue weighted by Crippen LogP contribution is 2.37. The summed E-state index contributed by atoms with van der Waals surface area (Å²) < 4.78 is 16.3. The number of aryl methyl sites for hydroxylation is 1. The van der Waals surface area contributed by atoms with Crippen LogP contribution in [0.5, 0.6) is 11.5 Å². The highest BCUT2D eigenvalue weighted by Gasteiger charge is 2.37. The number of aromatic nitrogens is 4. The first-order chi connectivity index (χ1) is 21.5. The van der Waals surface area contributed by atoms with Crippen LogP contribution in [0.15, 0.2) is 79.1 Å². The molecule has 0 N–H and O–H groups in total. The first-order valence-corrected chi connectivity index (χ1v) is 15.7. The van der Waals surface area contributed by atoms with Gasteiger partial charge in [0.15, 0.2) is 0 Å². The van der Waals surface area contributed by atoms with Gasteiger partial charge in [0.2, 0.25) is 5.91 Å². The van der Waals surface area contributed by atoms with Crippen molar-refractivity contribution in [1.29, 1.82) is 0 Å².